The van der Waals surface area contributed by atoms with Crippen LogP contribution in [-0.2, 0) is 5.41 Å². The number of urea groups is 1. The summed E-state index contributed by atoms with van der Waals surface area (Å²) >= 11 is 1.31. The number of carbonyl (C=O) groups is 1. The molecule has 0 aliphatic rings. The molecule has 6 nitrogen and oxygen atoms in total. The molecular weight excluding hydrogens is 346 g/mol. The summed E-state index contributed by atoms with van der Waals surface area (Å²) in [6.07, 6.45) is 3.39. The Labute approximate surface area is 156 Å². The molecule has 0 unspecified atom stereocenters. The summed E-state index contributed by atoms with van der Waals surface area (Å²) in [6.45, 7) is 8.57. The summed E-state index contributed by atoms with van der Waals surface area (Å²) in [4.78, 5) is 16.2. The van der Waals surface area contributed by atoms with Crippen molar-refractivity contribution < 1.29 is 4.79 Å². The molecule has 0 aliphatic heterocycles. The lowest BCUT2D eigenvalue weighted by Gasteiger charge is -2.22. The Morgan fingerprint density at radius 1 is 1.04 bits per heavy atom. The molecule has 2 amide bonds. The van der Waals surface area contributed by atoms with Gasteiger partial charge in [-0.1, -0.05) is 38.2 Å². The Bertz CT molecular complexity index is 915. The number of aryl methyl sites for hydroxylation is 1. The quantitative estimate of drug-likeness (QED) is 0.693. The molecule has 26 heavy (non-hydrogen) atoms. The fourth-order valence-corrected chi connectivity index (χ4v) is 3.47. The van der Waals surface area contributed by atoms with Gasteiger partial charge in [0.25, 0.3) is 0 Å². The normalized spacial score (nSPS) is 11.2. The monoisotopic (exact) mass is 367 g/mol. The van der Waals surface area contributed by atoms with Gasteiger partial charge in [0.05, 0.1) is 0 Å². The van der Waals surface area contributed by atoms with E-state index in [1.165, 1.54) is 16.9 Å². The van der Waals surface area contributed by atoms with Crippen LogP contribution in [0.5, 0.6) is 0 Å². The molecule has 3 rings (SSSR count). The van der Waals surface area contributed by atoms with Crippen LogP contribution >= 0.6 is 11.3 Å². The highest BCUT2D eigenvalue weighted by atomic mass is 32.1. The molecule has 2 N–H and O–H groups in total. The first kappa shape index (κ1) is 18.0. The number of nitrogens with one attached hydrogen (secondary N) is 2. The summed E-state index contributed by atoms with van der Waals surface area (Å²) < 4.78 is 0. The van der Waals surface area contributed by atoms with Crippen LogP contribution in [0.4, 0.5) is 15.6 Å². The minimum absolute atomic E-state index is 0.0702. The molecule has 134 valence electrons. The van der Waals surface area contributed by atoms with Gasteiger partial charge in [-0.25, -0.2) is 4.79 Å². The van der Waals surface area contributed by atoms with Gasteiger partial charge < -0.3 is 5.32 Å². The minimum Gasteiger partial charge on any atom is -0.308 e. The predicted molar refractivity (Wildman–Crippen MR) is 106 cm³/mol. The summed E-state index contributed by atoms with van der Waals surface area (Å²) in [5, 5.41) is 14.8. The van der Waals surface area contributed by atoms with Crippen molar-refractivity contribution in [3.8, 4) is 10.6 Å². The molecule has 0 radical (unpaired) electrons. The van der Waals surface area contributed by atoms with Crippen molar-refractivity contribution in [2.75, 3.05) is 10.6 Å². The number of rotatable bonds is 3. The highest BCUT2D eigenvalue weighted by Crippen LogP contribution is 2.28. The molecule has 0 saturated heterocycles. The number of carbonyl (C=O) groups excluding carboxylic acids is 1. The number of nitrogens with zero attached hydrogens (tertiary/aromatic N) is 3. The van der Waals surface area contributed by atoms with Gasteiger partial charge >= 0.3 is 6.03 Å². The van der Waals surface area contributed by atoms with Crippen molar-refractivity contribution >= 4 is 28.2 Å². The second-order valence-corrected chi connectivity index (χ2v) is 7.98. The maximum atomic E-state index is 12.2. The highest BCUT2D eigenvalue weighted by molar-refractivity contribution is 7.18. The fraction of sp³-hybridized carbons (Fsp3) is 0.263. The standard InChI is InChI=1S/C19H21N5OS/c1-12-11-14(5-6-15(12)19(2,3)4)21-17(25)22-18-24-23-16(26-18)13-7-9-20-10-8-13/h5-11H,1-4H3,(H2,21,22,24,25). The first-order valence-corrected chi connectivity index (χ1v) is 9.07. The Morgan fingerprint density at radius 3 is 2.42 bits per heavy atom. The molecule has 0 bridgehead atoms. The molecule has 0 spiro atoms. The molecule has 2 heterocycles. The second kappa shape index (κ2) is 7.21. The van der Waals surface area contributed by atoms with Crippen LogP contribution < -0.4 is 10.6 Å². The van der Waals surface area contributed by atoms with E-state index in [4.69, 9.17) is 0 Å². The van der Waals surface area contributed by atoms with Crippen LogP contribution in [0.25, 0.3) is 10.6 Å². The third kappa shape index (κ3) is 4.23. The first-order chi connectivity index (χ1) is 12.3. The lowest BCUT2D eigenvalue weighted by Crippen LogP contribution is -2.20. The lowest BCUT2D eigenvalue weighted by molar-refractivity contribution is 0.262. The number of benzene rings is 1. The zero-order valence-corrected chi connectivity index (χ0v) is 16.0. The van der Waals surface area contributed by atoms with Gasteiger partial charge in [0.1, 0.15) is 5.01 Å². The van der Waals surface area contributed by atoms with Crippen LogP contribution in [0.2, 0.25) is 0 Å². The van der Waals surface area contributed by atoms with Gasteiger partial charge in [-0.05, 0) is 47.7 Å². The van der Waals surface area contributed by atoms with Crippen molar-refractivity contribution in [2.24, 2.45) is 0 Å². The van der Waals surface area contributed by atoms with Crippen molar-refractivity contribution in [1.29, 1.82) is 0 Å². The highest BCUT2D eigenvalue weighted by Gasteiger charge is 2.16. The van der Waals surface area contributed by atoms with E-state index in [1.54, 1.807) is 12.4 Å². The molecule has 2 aromatic heterocycles. The summed E-state index contributed by atoms with van der Waals surface area (Å²) in [5.41, 5.74) is 4.13. The van der Waals surface area contributed by atoms with Gasteiger partial charge in [0.2, 0.25) is 5.13 Å². The molecule has 0 fully saturated rings. The molecule has 1 aromatic carbocycles. The number of hydrogen-bond acceptors (Lipinski definition) is 5. The molecule has 0 aliphatic carbocycles. The average Bonchev–Trinajstić information content (AvgIpc) is 3.03. The number of hydrogen-bond donors (Lipinski definition) is 2. The predicted octanol–water partition coefficient (Wildman–Crippen LogP) is 4.85. The average molecular weight is 367 g/mol. The minimum atomic E-state index is -0.342. The van der Waals surface area contributed by atoms with Gasteiger partial charge in [-0.15, -0.1) is 10.2 Å². The van der Waals surface area contributed by atoms with E-state index in [0.717, 1.165) is 21.8 Å². The Hall–Kier alpha value is -2.80. The topological polar surface area (TPSA) is 79.8 Å². The maximum absolute atomic E-state index is 12.2. The van der Waals surface area contributed by atoms with Gasteiger partial charge in [-0.3, -0.25) is 10.3 Å². The zero-order valence-electron chi connectivity index (χ0n) is 15.2. The van der Waals surface area contributed by atoms with Crippen molar-refractivity contribution in [3.05, 3.63) is 53.9 Å². The van der Waals surface area contributed by atoms with Gasteiger partial charge in [0.15, 0.2) is 0 Å². The number of pyridine rings is 1. The van der Waals surface area contributed by atoms with E-state index < -0.39 is 0 Å². The number of anilines is 2. The van der Waals surface area contributed by atoms with E-state index in [9.17, 15) is 4.79 Å². The molecule has 0 atom stereocenters. The SMILES string of the molecule is Cc1cc(NC(=O)Nc2nnc(-c3ccncc3)s2)ccc1C(C)(C)C. The van der Waals surface area contributed by atoms with Gasteiger partial charge in [0, 0.05) is 23.6 Å². The second-order valence-electron chi connectivity index (χ2n) is 7.01. The lowest BCUT2D eigenvalue weighted by atomic mass is 9.84. The molecule has 0 saturated carbocycles. The van der Waals surface area contributed by atoms with E-state index in [-0.39, 0.29) is 11.4 Å². The Kier molecular flexibility index (Phi) is 4.99. The van der Waals surface area contributed by atoms with E-state index >= 15 is 0 Å². The van der Waals surface area contributed by atoms with E-state index in [0.29, 0.717) is 5.13 Å². The largest absolute Gasteiger partial charge is 0.325 e. The molecule has 7 heteroatoms. The fourth-order valence-electron chi connectivity index (χ4n) is 2.73. The van der Waals surface area contributed by atoms with Crippen molar-refractivity contribution in [2.45, 2.75) is 33.1 Å². The number of aromatic nitrogens is 3. The van der Waals surface area contributed by atoms with Crippen molar-refractivity contribution in [1.82, 2.24) is 15.2 Å². The third-order valence-corrected chi connectivity index (χ3v) is 4.75. The summed E-state index contributed by atoms with van der Waals surface area (Å²) in [7, 11) is 0. The van der Waals surface area contributed by atoms with Crippen LogP contribution in [0, 0.1) is 6.92 Å². The number of amides is 2. The van der Waals surface area contributed by atoms with Crippen molar-refractivity contribution in [3.63, 3.8) is 0 Å². The van der Waals surface area contributed by atoms with Crippen LogP contribution in [0.3, 0.4) is 0 Å². The smallest absolute Gasteiger partial charge is 0.308 e. The zero-order chi connectivity index (χ0) is 18.7. The van der Waals surface area contributed by atoms with E-state index in [1.807, 2.05) is 24.3 Å². The van der Waals surface area contributed by atoms with Crippen LogP contribution in [-0.4, -0.2) is 21.2 Å². The third-order valence-electron chi connectivity index (χ3n) is 3.87. The van der Waals surface area contributed by atoms with Crippen LogP contribution in [0.1, 0.15) is 31.9 Å². The Balaban J connectivity index is 1.66. The maximum Gasteiger partial charge on any atom is 0.325 e. The van der Waals surface area contributed by atoms with E-state index in [2.05, 4.69) is 59.6 Å². The van der Waals surface area contributed by atoms with Gasteiger partial charge in [-0.2, -0.15) is 0 Å². The first-order valence-electron chi connectivity index (χ1n) is 8.26. The molecule has 3 aromatic rings. The summed E-state index contributed by atoms with van der Waals surface area (Å²) in [6, 6.07) is 9.30. The molecular formula is C19H21N5OS. The Morgan fingerprint density at radius 2 is 1.77 bits per heavy atom. The van der Waals surface area contributed by atoms with Crippen LogP contribution in [0.15, 0.2) is 42.7 Å². The summed E-state index contributed by atoms with van der Waals surface area (Å²) in [5.74, 6) is 0.